The minimum absolute atomic E-state index is 0.132. The van der Waals surface area contributed by atoms with E-state index in [1.54, 1.807) is 12.1 Å². The van der Waals surface area contributed by atoms with Gasteiger partial charge in [0.25, 0.3) is 5.91 Å². The molecule has 2 fully saturated rings. The fourth-order valence-corrected chi connectivity index (χ4v) is 3.54. The van der Waals surface area contributed by atoms with Gasteiger partial charge in [0.2, 0.25) is 0 Å². The van der Waals surface area contributed by atoms with Gasteiger partial charge in [0, 0.05) is 26.1 Å². The molecule has 36 heavy (non-hydrogen) atoms. The Morgan fingerprint density at radius 3 is 2.47 bits per heavy atom. The van der Waals surface area contributed by atoms with Crippen molar-refractivity contribution in [2.45, 2.75) is 71.7 Å². The Balaban J connectivity index is 0.000000344. The lowest BCUT2D eigenvalue weighted by Crippen LogP contribution is -2.36. The number of hydrogen-bond acceptors (Lipinski definition) is 7. The summed E-state index contributed by atoms with van der Waals surface area (Å²) in [5, 5.41) is 9.14. The second-order valence-corrected chi connectivity index (χ2v) is 8.96. The molecule has 1 amide bonds. The molecule has 3 rings (SSSR count). The standard InChI is InChI=1S/C15H25NO3.C12H17NO2.CH2O/c1-4-5-6-9-12(2)13(3)15(17)16-19-14-10-7-8-11-18-14;1-13-8-6-12(7-9-13)15-11-4-2-10(14)3-5-11;1-2/h5-6,9,13-14H,4,7-8,10-11H2,1-3H3,(H,16,17);2-5,12,14H,6-9H2,1H3;1H2/b6-5-,12-9-;;. The highest BCUT2D eigenvalue weighted by Crippen LogP contribution is 2.21. The molecule has 2 aliphatic rings. The van der Waals surface area contributed by atoms with Crippen LogP contribution in [-0.2, 0) is 19.2 Å². The summed E-state index contributed by atoms with van der Waals surface area (Å²) in [5.74, 6) is 0.797. The van der Waals surface area contributed by atoms with Crippen LogP contribution in [0.4, 0.5) is 0 Å². The molecular formula is C28H44N2O6. The number of phenols is 1. The van der Waals surface area contributed by atoms with Crippen LogP contribution in [0.3, 0.4) is 0 Å². The topological polar surface area (TPSA) is 97.3 Å². The number of benzene rings is 1. The van der Waals surface area contributed by atoms with Gasteiger partial charge in [-0.25, -0.2) is 10.3 Å². The third-order valence-electron chi connectivity index (χ3n) is 6.04. The monoisotopic (exact) mass is 504 g/mol. The van der Waals surface area contributed by atoms with E-state index in [0.29, 0.717) is 12.7 Å². The second kappa shape index (κ2) is 18.6. The third kappa shape index (κ3) is 12.9. The third-order valence-corrected chi connectivity index (χ3v) is 6.04. The predicted octanol–water partition coefficient (Wildman–Crippen LogP) is 4.79. The maximum Gasteiger partial charge on any atom is 0.250 e. The summed E-state index contributed by atoms with van der Waals surface area (Å²) in [4.78, 5) is 27.5. The average molecular weight is 505 g/mol. The molecule has 0 saturated carbocycles. The van der Waals surface area contributed by atoms with Gasteiger partial charge in [-0.15, -0.1) is 0 Å². The van der Waals surface area contributed by atoms with Crippen LogP contribution in [0.5, 0.6) is 11.5 Å². The van der Waals surface area contributed by atoms with Crippen molar-refractivity contribution >= 4 is 12.7 Å². The summed E-state index contributed by atoms with van der Waals surface area (Å²) in [6, 6.07) is 6.94. The van der Waals surface area contributed by atoms with Crippen LogP contribution in [0, 0.1) is 5.92 Å². The molecule has 0 spiro atoms. The smallest absolute Gasteiger partial charge is 0.250 e. The molecule has 0 aromatic heterocycles. The van der Waals surface area contributed by atoms with Gasteiger partial charge in [-0.1, -0.05) is 30.7 Å². The van der Waals surface area contributed by atoms with Gasteiger partial charge in [-0.05, 0) is 77.3 Å². The van der Waals surface area contributed by atoms with Crippen LogP contribution in [0.2, 0.25) is 0 Å². The Kier molecular flexibility index (Phi) is 16.2. The van der Waals surface area contributed by atoms with E-state index in [2.05, 4.69) is 30.4 Å². The molecule has 2 N–H and O–H groups in total. The molecule has 2 aliphatic heterocycles. The van der Waals surface area contributed by atoms with E-state index in [9.17, 15) is 4.79 Å². The molecule has 2 saturated heterocycles. The molecule has 0 aliphatic carbocycles. The molecule has 2 heterocycles. The summed E-state index contributed by atoms with van der Waals surface area (Å²) in [6.45, 7) is 10.8. The predicted molar refractivity (Wildman–Crippen MR) is 142 cm³/mol. The van der Waals surface area contributed by atoms with Crippen LogP contribution in [0.15, 0.2) is 48.1 Å². The van der Waals surface area contributed by atoms with Crippen molar-refractivity contribution in [3.05, 3.63) is 48.1 Å². The molecule has 2 unspecified atom stereocenters. The summed E-state index contributed by atoms with van der Waals surface area (Å²) < 4.78 is 11.2. The van der Waals surface area contributed by atoms with E-state index < -0.39 is 0 Å². The molecule has 1 aromatic carbocycles. The van der Waals surface area contributed by atoms with Gasteiger partial charge in [0.15, 0.2) is 6.29 Å². The maximum atomic E-state index is 11.9. The number of likely N-dealkylation sites (tertiary alicyclic amines) is 1. The highest BCUT2D eigenvalue weighted by Gasteiger charge is 2.19. The fraction of sp³-hybridized carbons (Fsp3) is 0.571. The van der Waals surface area contributed by atoms with Gasteiger partial charge in [-0.3, -0.25) is 4.79 Å². The Bertz CT molecular complexity index is 782. The zero-order chi connectivity index (χ0) is 26.8. The van der Waals surface area contributed by atoms with E-state index in [0.717, 1.165) is 62.9 Å². The van der Waals surface area contributed by atoms with Crippen LogP contribution in [0.1, 0.15) is 59.3 Å². The van der Waals surface area contributed by atoms with Gasteiger partial charge in [0.05, 0.1) is 5.92 Å². The first-order chi connectivity index (χ1) is 17.4. The molecule has 2 atom stereocenters. The number of rotatable bonds is 8. The highest BCUT2D eigenvalue weighted by molar-refractivity contribution is 5.80. The van der Waals surface area contributed by atoms with Crippen molar-refractivity contribution in [1.82, 2.24) is 10.4 Å². The number of carbonyl (C=O) groups is 2. The zero-order valence-corrected chi connectivity index (χ0v) is 22.3. The number of nitrogens with zero attached hydrogens (tertiary/aromatic N) is 1. The van der Waals surface area contributed by atoms with Crippen molar-refractivity contribution in [2.24, 2.45) is 5.92 Å². The summed E-state index contributed by atoms with van der Waals surface area (Å²) >= 11 is 0. The number of phenolic OH excluding ortho intramolecular Hbond substituents is 1. The van der Waals surface area contributed by atoms with E-state index in [4.69, 9.17) is 24.2 Å². The van der Waals surface area contributed by atoms with Crippen molar-refractivity contribution in [1.29, 1.82) is 0 Å². The van der Waals surface area contributed by atoms with Crippen molar-refractivity contribution in [2.75, 3.05) is 26.7 Å². The Labute approximate surface area is 216 Å². The highest BCUT2D eigenvalue weighted by atomic mass is 16.8. The maximum absolute atomic E-state index is 11.9. The van der Waals surface area contributed by atoms with Crippen LogP contribution < -0.4 is 10.2 Å². The van der Waals surface area contributed by atoms with Crippen LogP contribution >= 0.6 is 0 Å². The minimum Gasteiger partial charge on any atom is -0.508 e. The number of aromatic hydroxyl groups is 1. The van der Waals surface area contributed by atoms with Gasteiger partial charge in [0.1, 0.15) is 24.4 Å². The quantitative estimate of drug-likeness (QED) is 0.388. The van der Waals surface area contributed by atoms with Crippen molar-refractivity contribution < 1.29 is 29.0 Å². The fourth-order valence-electron chi connectivity index (χ4n) is 3.54. The SMILES string of the molecule is C=O.CC/C=C\C=C(\C)C(C)C(=O)NOC1CCCCO1.CN1CCC(Oc2ccc(O)cc2)CC1. The summed E-state index contributed by atoms with van der Waals surface area (Å²) in [5.41, 5.74) is 3.50. The lowest BCUT2D eigenvalue weighted by atomic mass is 10.0. The molecule has 1 aromatic rings. The Morgan fingerprint density at radius 1 is 1.22 bits per heavy atom. The van der Waals surface area contributed by atoms with Crippen LogP contribution in [0.25, 0.3) is 0 Å². The zero-order valence-electron chi connectivity index (χ0n) is 22.3. The first-order valence-corrected chi connectivity index (χ1v) is 12.7. The number of piperidine rings is 1. The number of nitrogens with one attached hydrogen (secondary N) is 1. The molecular weight excluding hydrogens is 460 g/mol. The van der Waals surface area contributed by atoms with E-state index in [1.165, 1.54) is 0 Å². The average Bonchev–Trinajstić information content (AvgIpc) is 2.91. The summed E-state index contributed by atoms with van der Waals surface area (Å²) in [7, 11) is 2.14. The normalized spacial score (nSPS) is 19.9. The summed E-state index contributed by atoms with van der Waals surface area (Å²) in [6.07, 6.45) is 12.2. The molecule has 8 heteroatoms. The van der Waals surface area contributed by atoms with E-state index in [-0.39, 0.29) is 23.9 Å². The lowest BCUT2D eigenvalue weighted by Gasteiger charge is -2.29. The molecule has 0 bridgehead atoms. The number of hydroxylamine groups is 1. The lowest BCUT2D eigenvalue weighted by molar-refractivity contribution is -0.201. The minimum atomic E-state index is -0.297. The Hall–Kier alpha value is -2.68. The number of amides is 1. The number of ether oxygens (including phenoxy) is 2. The van der Waals surface area contributed by atoms with E-state index >= 15 is 0 Å². The molecule has 8 nitrogen and oxygen atoms in total. The van der Waals surface area contributed by atoms with Crippen molar-refractivity contribution in [3.8, 4) is 11.5 Å². The first kappa shape index (κ1) is 31.4. The second-order valence-electron chi connectivity index (χ2n) is 8.96. The Morgan fingerprint density at radius 2 is 1.89 bits per heavy atom. The number of hydrogen-bond donors (Lipinski definition) is 2. The molecule has 202 valence electrons. The van der Waals surface area contributed by atoms with Crippen molar-refractivity contribution in [3.63, 3.8) is 0 Å². The first-order valence-electron chi connectivity index (χ1n) is 12.7. The van der Waals surface area contributed by atoms with Gasteiger partial charge >= 0.3 is 0 Å². The van der Waals surface area contributed by atoms with Gasteiger partial charge in [-0.2, -0.15) is 0 Å². The van der Waals surface area contributed by atoms with Gasteiger partial charge < -0.3 is 24.3 Å². The van der Waals surface area contributed by atoms with Crippen LogP contribution in [-0.4, -0.2) is 61.8 Å². The number of carbonyl (C=O) groups excluding carboxylic acids is 2. The number of allylic oxidation sites excluding steroid dienone is 3. The van der Waals surface area contributed by atoms with E-state index in [1.807, 2.05) is 44.9 Å². The molecule has 0 radical (unpaired) electrons. The largest absolute Gasteiger partial charge is 0.508 e.